The van der Waals surface area contributed by atoms with Crippen LogP contribution < -0.4 is 14.9 Å². The van der Waals surface area contributed by atoms with Crippen LogP contribution in [-0.2, 0) is 14.8 Å². The number of rotatable bonds is 9. The Morgan fingerprint density at radius 1 is 0.943 bits per heavy atom. The molecule has 0 saturated carbocycles. The van der Waals surface area contributed by atoms with Crippen molar-refractivity contribution < 1.29 is 22.9 Å². The largest absolute Gasteiger partial charge is 0.350 e. The second kappa shape index (κ2) is 10.8. The van der Waals surface area contributed by atoms with Crippen LogP contribution in [0.2, 0.25) is 0 Å². The third-order valence-corrected chi connectivity index (χ3v) is 6.62. The maximum Gasteiger partial charge on any atom is 0.269 e. The molecule has 3 aromatic rings. The minimum Gasteiger partial charge on any atom is -0.350 e. The van der Waals surface area contributed by atoms with Crippen molar-refractivity contribution in [2.24, 2.45) is 0 Å². The lowest BCUT2D eigenvalue weighted by Gasteiger charge is -2.24. The predicted molar refractivity (Wildman–Crippen MR) is 132 cm³/mol. The van der Waals surface area contributed by atoms with Crippen LogP contribution in [0.4, 0.5) is 17.1 Å². The zero-order valence-electron chi connectivity index (χ0n) is 19.0. The van der Waals surface area contributed by atoms with Gasteiger partial charge in [-0.05, 0) is 50.2 Å². The van der Waals surface area contributed by atoms with Crippen LogP contribution in [0.3, 0.4) is 0 Å². The molecule has 182 valence electrons. The Balaban J connectivity index is 1.94. The maximum absolute atomic E-state index is 13.4. The Labute approximate surface area is 202 Å². The summed E-state index contributed by atoms with van der Waals surface area (Å²) >= 11 is 0. The smallest absolute Gasteiger partial charge is 0.269 e. The van der Waals surface area contributed by atoms with E-state index >= 15 is 0 Å². The highest BCUT2D eigenvalue weighted by atomic mass is 32.2. The third kappa shape index (κ3) is 6.21. The maximum atomic E-state index is 13.4. The molecule has 0 fully saturated rings. The lowest BCUT2D eigenvalue weighted by Crippen LogP contribution is -2.38. The summed E-state index contributed by atoms with van der Waals surface area (Å²) in [6.07, 6.45) is 0. The second-order valence-electron chi connectivity index (χ2n) is 7.82. The topological polar surface area (TPSA) is 139 Å². The van der Waals surface area contributed by atoms with Crippen molar-refractivity contribution in [3.05, 3.63) is 94.5 Å². The number of nitrogens with zero attached hydrogens (tertiary/aromatic N) is 2. The zero-order valence-corrected chi connectivity index (χ0v) is 19.9. The molecular weight excluding hydrogens is 472 g/mol. The molecule has 3 aromatic carbocycles. The number of carbonyl (C=O) groups excluding carboxylic acids is 2. The van der Waals surface area contributed by atoms with Gasteiger partial charge in [-0.2, -0.15) is 0 Å². The minimum absolute atomic E-state index is 0.0529. The van der Waals surface area contributed by atoms with E-state index < -0.39 is 27.4 Å². The molecule has 0 aliphatic rings. The summed E-state index contributed by atoms with van der Waals surface area (Å²) in [5.74, 6) is -1.09. The van der Waals surface area contributed by atoms with E-state index in [0.29, 0.717) is 0 Å². The zero-order chi connectivity index (χ0) is 25.6. The van der Waals surface area contributed by atoms with Gasteiger partial charge in [0.2, 0.25) is 5.91 Å². The summed E-state index contributed by atoms with van der Waals surface area (Å²) in [5, 5.41) is 16.4. The van der Waals surface area contributed by atoms with Crippen molar-refractivity contribution in [3.8, 4) is 0 Å². The average Bonchev–Trinajstić information content (AvgIpc) is 2.83. The molecule has 0 spiro atoms. The molecule has 0 heterocycles. The summed E-state index contributed by atoms with van der Waals surface area (Å²) in [4.78, 5) is 35.9. The molecule has 10 nitrogen and oxygen atoms in total. The highest BCUT2D eigenvalue weighted by Gasteiger charge is 2.28. The van der Waals surface area contributed by atoms with E-state index in [9.17, 15) is 28.1 Å². The van der Waals surface area contributed by atoms with Crippen molar-refractivity contribution in [2.45, 2.75) is 24.8 Å². The standard InChI is InChI=1S/C24H24N4O6S/c1-17(2)25-24(30)21-10-6-7-11-22(21)26-23(29)16-27(18-12-14-19(15-13-18)28(31)32)35(33,34)20-8-4-3-5-9-20/h3-15,17H,16H2,1-2H3,(H,25,30)(H,26,29). The molecule has 2 N–H and O–H groups in total. The number of sulfonamides is 1. The summed E-state index contributed by atoms with van der Waals surface area (Å²) in [6, 6.07) is 18.6. The Morgan fingerprint density at radius 3 is 2.14 bits per heavy atom. The van der Waals surface area contributed by atoms with Crippen LogP contribution >= 0.6 is 0 Å². The molecule has 0 aromatic heterocycles. The highest BCUT2D eigenvalue weighted by molar-refractivity contribution is 7.92. The Bertz CT molecular complexity index is 1330. The number of amides is 2. The molecule has 35 heavy (non-hydrogen) atoms. The fourth-order valence-corrected chi connectivity index (χ4v) is 4.67. The van der Waals surface area contributed by atoms with E-state index in [1.807, 2.05) is 0 Å². The van der Waals surface area contributed by atoms with E-state index in [0.717, 1.165) is 16.4 Å². The van der Waals surface area contributed by atoms with Gasteiger partial charge in [-0.25, -0.2) is 8.42 Å². The van der Waals surface area contributed by atoms with Crippen molar-refractivity contribution in [2.75, 3.05) is 16.2 Å². The van der Waals surface area contributed by atoms with Crippen LogP contribution in [0, 0.1) is 10.1 Å². The number of benzene rings is 3. The van der Waals surface area contributed by atoms with Gasteiger partial charge in [0.1, 0.15) is 6.54 Å². The highest BCUT2D eigenvalue weighted by Crippen LogP contribution is 2.26. The first-order valence-electron chi connectivity index (χ1n) is 10.6. The number of nitrogens with one attached hydrogen (secondary N) is 2. The summed E-state index contributed by atoms with van der Waals surface area (Å²) in [7, 11) is -4.19. The van der Waals surface area contributed by atoms with Crippen molar-refractivity contribution in [1.82, 2.24) is 5.32 Å². The molecular formula is C24H24N4O6S. The monoisotopic (exact) mass is 496 g/mol. The van der Waals surface area contributed by atoms with Gasteiger partial charge in [-0.15, -0.1) is 0 Å². The minimum atomic E-state index is -4.19. The van der Waals surface area contributed by atoms with E-state index in [2.05, 4.69) is 10.6 Å². The fourth-order valence-electron chi connectivity index (χ4n) is 3.23. The second-order valence-corrected chi connectivity index (χ2v) is 9.68. The van der Waals surface area contributed by atoms with Gasteiger partial charge in [0, 0.05) is 18.2 Å². The van der Waals surface area contributed by atoms with Crippen LogP contribution in [0.15, 0.2) is 83.8 Å². The molecule has 0 aliphatic carbocycles. The number of nitro groups is 1. The molecule has 2 amide bonds. The van der Waals surface area contributed by atoms with Crippen molar-refractivity contribution in [1.29, 1.82) is 0 Å². The van der Waals surface area contributed by atoms with Gasteiger partial charge in [0.15, 0.2) is 0 Å². The fraction of sp³-hybridized carbons (Fsp3) is 0.167. The molecule has 0 aliphatic heterocycles. The Kier molecular flexibility index (Phi) is 7.82. The van der Waals surface area contributed by atoms with E-state index in [1.165, 1.54) is 30.3 Å². The summed E-state index contributed by atoms with van der Waals surface area (Å²) < 4.78 is 27.6. The molecule has 11 heteroatoms. The van der Waals surface area contributed by atoms with Gasteiger partial charge in [-0.1, -0.05) is 30.3 Å². The first kappa shape index (κ1) is 25.4. The number of nitro benzene ring substituents is 1. The van der Waals surface area contributed by atoms with Crippen LogP contribution in [-0.4, -0.2) is 37.7 Å². The number of carbonyl (C=O) groups is 2. The normalized spacial score (nSPS) is 11.1. The van der Waals surface area contributed by atoms with E-state index in [1.54, 1.807) is 50.2 Å². The first-order valence-corrected chi connectivity index (χ1v) is 12.1. The van der Waals surface area contributed by atoms with Gasteiger partial charge in [0.05, 0.1) is 26.8 Å². The molecule has 0 unspecified atom stereocenters. The van der Waals surface area contributed by atoms with Gasteiger partial charge >= 0.3 is 0 Å². The quantitative estimate of drug-likeness (QED) is 0.343. The first-order chi connectivity index (χ1) is 16.6. The number of hydrogen-bond donors (Lipinski definition) is 2. The predicted octanol–water partition coefficient (Wildman–Crippen LogP) is 3.57. The molecule has 3 rings (SSSR count). The summed E-state index contributed by atoms with van der Waals surface area (Å²) in [6.45, 7) is 2.97. The van der Waals surface area contributed by atoms with Gasteiger partial charge < -0.3 is 10.6 Å². The van der Waals surface area contributed by atoms with Crippen LogP contribution in [0.25, 0.3) is 0 Å². The van der Waals surface area contributed by atoms with Crippen LogP contribution in [0.5, 0.6) is 0 Å². The Morgan fingerprint density at radius 2 is 1.54 bits per heavy atom. The lowest BCUT2D eigenvalue weighted by atomic mass is 10.1. The Hall–Kier alpha value is -4.25. The van der Waals surface area contributed by atoms with Crippen molar-refractivity contribution >= 4 is 38.9 Å². The third-order valence-electron chi connectivity index (χ3n) is 4.83. The molecule has 0 radical (unpaired) electrons. The molecule has 0 bridgehead atoms. The number of hydrogen-bond acceptors (Lipinski definition) is 6. The number of anilines is 2. The molecule has 0 atom stereocenters. The van der Waals surface area contributed by atoms with E-state index in [-0.39, 0.29) is 39.5 Å². The van der Waals surface area contributed by atoms with Gasteiger partial charge in [-0.3, -0.25) is 24.0 Å². The van der Waals surface area contributed by atoms with Crippen molar-refractivity contribution in [3.63, 3.8) is 0 Å². The average molecular weight is 497 g/mol. The number of para-hydroxylation sites is 1. The molecule has 0 saturated heterocycles. The SMILES string of the molecule is CC(C)NC(=O)c1ccccc1NC(=O)CN(c1ccc([N+](=O)[O-])cc1)S(=O)(=O)c1ccccc1. The van der Waals surface area contributed by atoms with Crippen LogP contribution in [0.1, 0.15) is 24.2 Å². The number of non-ortho nitro benzene ring substituents is 1. The van der Waals surface area contributed by atoms with Gasteiger partial charge in [0.25, 0.3) is 21.6 Å². The lowest BCUT2D eigenvalue weighted by molar-refractivity contribution is -0.384. The van der Waals surface area contributed by atoms with E-state index in [4.69, 9.17) is 0 Å². The summed E-state index contributed by atoms with van der Waals surface area (Å²) in [5.41, 5.74) is 0.291.